The molecule has 0 spiro atoms. The van der Waals surface area contributed by atoms with Gasteiger partial charge in [0.2, 0.25) is 0 Å². The Kier molecular flexibility index (Phi) is 6.80. The number of fused-ring (bicyclic) bond motifs is 1. The Labute approximate surface area is 188 Å². The fourth-order valence-corrected chi connectivity index (χ4v) is 3.92. The fourth-order valence-electron chi connectivity index (χ4n) is 3.92. The average molecular weight is 512 g/mol. The van der Waals surface area contributed by atoms with Crippen molar-refractivity contribution in [3.63, 3.8) is 0 Å². The molecule has 6 nitrogen and oxygen atoms in total. The summed E-state index contributed by atoms with van der Waals surface area (Å²) in [6, 6.07) is 7.36. The van der Waals surface area contributed by atoms with Crippen LogP contribution >= 0.6 is 24.0 Å². The summed E-state index contributed by atoms with van der Waals surface area (Å²) in [6.07, 6.45) is 3.91. The first kappa shape index (κ1) is 22.0. The standard InChI is InChI=1S/C21H29FN6.HI/c1-14(2)19-26-18-9-8-15(12-28(18)27-19)25-20(23-3)24-13-21(10-11-21)16-6-4-5-7-17(16)22;/h4-7,14-15H,8-13H2,1-3H3,(H2,23,24,25);1H. The molecule has 4 rings (SSSR count). The minimum absolute atomic E-state index is 0. The summed E-state index contributed by atoms with van der Waals surface area (Å²) in [5.74, 6) is 2.98. The lowest BCUT2D eigenvalue weighted by atomic mass is 9.95. The van der Waals surface area contributed by atoms with Crippen LogP contribution in [0.4, 0.5) is 4.39 Å². The highest BCUT2D eigenvalue weighted by atomic mass is 127. The van der Waals surface area contributed by atoms with E-state index in [2.05, 4.69) is 39.6 Å². The van der Waals surface area contributed by atoms with Gasteiger partial charge in [-0.05, 0) is 30.9 Å². The number of aromatic nitrogens is 3. The summed E-state index contributed by atoms with van der Waals surface area (Å²) in [5.41, 5.74) is 0.699. The van der Waals surface area contributed by atoms with Gasteiger partial charge >= 0.3 is 0 Å². The van der Waals surface area contributed by atoms with Crippen molar-refractivity contribution in [3.05, 3.63) is 47.3 Å². The lowest BCUT2D eigenvalue weighted by Crippen LogP contribution is -2.48. The molecule has 158 valence electrons. The van der Waals surface area contributed by atoms with Crippen LogP contribution in [-0.2, 0) is 18.4 Å². The first-order chi connectivity index (χ1) is 13.5. The first-order valence-electron chi connectivity index (χ1n) is 10.2. The van der Waals surface area contributed by atoms with Crippen molar-refractivity contribution in [1.82, 2.24) is 25.4 Å². The quantitative estimate of drug-likeness (QED) is 0.367. The van der Waals surface area contributed by atoms with Crippen LogP contribution in [0.5, 0.6) is 0 Å². The van der Waals surface area contributed by atoms with Crippen LogP contribution in [-0.4, -0.2) is 40.4 Å². The van der Waals surface area contributed by atoms with Crippen molar-refractivity contribution in [2.24, 2.45) is 4.99 Å². The molecule has 1 aliphatic carbocycles. The van der Waals surface area contributed by atoms with E-state index < -0.39 is 0 Å². The fraction of sp³-hybridized carbons (Fsp3) is 0.571. The molecule has 1 saturated carbocycles. The molecule has 1 fully saturated rings. The molecule has 8 heteroatoms. The molecule has 0 bridgehead atoms. The topological polar surface area (TPSA) is 67.1 Å². The molecule has 0 amide bonds. The smallest absolute Gasteiger partial charge is 0.191 e. The second kappa shape index (κ2) is 8.97. The third-order valence-corrected chi connectivity index (χ3v) is 5.85. The Hall–Kier alpha value is -1.71. The van der Waals surface area contributed by atoms with Gasteiger partial charge in [0.1, 0.15) is 11.6 Å². The van der Waals surface area contributed by atoms with Crippen molar-refractivity contribution >= 4 is 29.9 Å². The predicted octanol–water partition coefficient (Wildman–Crippen LogP) is 3.37. The molecular formula is C21H30FIN6. The maximum Gasteiger partial charge on any atom is 0.191 e. The maximum atomic E-state index is 14.2. The van der Waals surface area contributed by atoms with Gasteiger partial charge in [0, 0.05) is 37.4 Å². The molecule has 29 heavy (non-hydrogen) atoms. The summed E-state index contributed by atoms with van der Waals surface area (Å²) in [5, 5.41) is 11.6. The summed E-state index contributed by atoms with van der Waals surface area (Å²) in [6.45, 7) is 5.71. The monoisotopic (exact) mass is 512 g/mol. The summed E-state index contributed by atoms with van der Waals surface area (Å²) < 4.78 is 16.2. The van der Waals surface area contributed by atoms with Gasteiger partial charge < -0.3 is 10.6 Å². The Morgan fingerprint density at radius 3 is 2.76 bits per heavy atom. The van der Waals surface area contributed by atoms with Crippen molar-refractivity contribution < 1.29 is 4.39 Å². The summed E-state index contributed by atoms with van der Waals surface area (Å²) >= 11 is 0. The number of rotatable bonds is 5. The molecule has 1 aliphatic heterocycles. The van der Waals surface area contributed by atoms with Crippen molar-refractivity contribution in [3.8, 4) is 0 Å². The zero-order valence-electron chi connectivity index (χ0n) is 17.3. The molecule has 2 N–H and O–H groups in total. The van der Waals surface area contributed by atoms with Gasteiger partial charge in [0.05, 0.1) is 6.54 Å². The highest BCUT2D eigenvalue weighted by Gasteiger charge is 2.45. The average Bonchev–Trinajstić information content (AvgIpc) is 3.35. The molecule has 2 aromatic rings. The second-order valence-electron chi connectivity index (χ2n) is 8.29. The van der Waals surface area contributed by atoms with Crippen LogP contribution in [0.1, 0.15) is 56.2 Å². The Morgan fingerprint density at radius 2 is 2.10 bits per heavy atom. The van der Waals surface area contributed by atoms with Gasteiger partial charge in [-0.15, -0.1) is 24.0 Å². The maximum absolute atomic E-state index is 14.2. The predicted molar refractivity (Wildman–Crippen MR) is 123 cm³/mol. The first-order valence-corrected chi connectivity index (χ1v) is 10.2. The molecule has 1 aromatic carbocycles. The molecular weight excluding hydrogens is 482 g/mol. The van der Waals surface area contributed by atoms with Crippen LogP contribution in [0.2, 0.25) is 0 Å². The highest BCUT2D eigenvalue weighted by Crippen LogP contribution is 2.48. The summed E-state index contributed by atoms with van der Waals surface area (Å²) in [4.78, 5) is 9.02. The lowest BCUT2D eigenvalue weighted by Gasteiger charge is -2.26. The van der Waals surface area contributed by atoms with E-state index in [1.165, 1.54) is 0 Å². The van der Waals surface area contributed by atoms with Gasteiger partial charge in [-0.2, -0.15) is 5.10 Å². The molecule has 2 aliphatic rings. The molecule has 1 atom stereocenters. The van der Waals surface area contributed by atoms with Crippen LogP contribution in [0.25, 0.3) is 0 Å². The Morgan fingerprint density at radius 1 is 1.34 bits per heavy atom. The van der Waals surface area contributed by atoms with Crippen molar-refractivity contribution in [1.29, 1.82) is 0 Å². The van der Waals surface area contributed by atoms with Gasteiger partial charge in [-0.3, -0.25) is 4.99 Å². The van der Waals surface area contributed by atoms with E-state index in [4.69, 9.17) is 0 Å². The number of nitrogens with one attached hydrogen (secondary N) is 2. The second-order valence-corrected chi connectivity index (χ2v) is 8.29. The number of aryl methyl sites for hydroxylation is 1. The van der Waals surface area contributed by atoms with E-state index in [-0.39, 0.29) is 41.3 Å². The van der Waals surface area contributed by atoms with Crippen molar-refractivity contribution in [2.45, 2.75) is 63.5 Å². The molecule has 0 saturated heterocycles. The van der Waals surface area contributed by atoms with E-state index in [0.717, 1.165) is 55.4 Å². The Bertz CT molecular complexity index is 874. The third-order valence-electron chi connectivity index (χ3n) is 5.85. The molecule has 0 radical (unpaired) electrons. The largest absolute Gasteiger partial charge is 0.356 e. The number of guanidine groups is 1. The van der Waals surface area contributed by atoms with Gasteiger partial charge in [-0.1, -0.05) is 32.0 Å². The number of benzene rings is 1. The van der Waals surface area contributed by atoms with E-state index >= 15 is 0 Å². The number of hydrogen-bond donors (Lipinski definition) is 2. The lowest BCUT2D eigenvalue weighted by molar-refractivity contribution is 0.391. The zero-order valence-corrected chi connectivity index (χ0v) is 19.6. The summed E-state index contributed by atoms with van der Waals surface area (Å²) in [7, 11) is 1.78. The van der Waals surface area contributed by atoms with Gasteiger partial charge in [0.25, 0.3) is 0 Å². The molecule has 1 aromatic heterocycles. The van der Waals surface area contributed by atoms with Crippen LogP contribution < -0.4 is 10.6 Å². The minimum Gasteiger partial charge on any atom is -0.356 e. The highest BCUT2D eigenvalue weighted by molar-refractivity contribution is 14.0. The van der Waals surface area contributed by atoms with Crippen LogP contribution in [0, 0.1) is 5.82 Å². The van der Waals surface area contributed by atoms with E-state index in [9.17, 15) is 4.39 Å². The van der Waals surface area contributed by atoms with Gasteiger partial charge in [0.15, 0.2) is 11.8 Å². The van der Waals surface area contributed by atoms with E-state index in [1.807, 2.05) is 16.8 Å². The number of aliphatic imine (C=N–C) groups is 1. The number of nitrogens with zero attached hydrogens (tertiary/aromatic N) is 4. The molecule has 1 unspecified atom stereocenters. The zero-order chi connectivity index (χ0) is 19.7. The normalized spacial score (nSPS) is 20.0. The minimum atomic E-state index is -0.114. The van der Waals surface area contributed by atoms with Crippen LogP contribution in [0.15, 0.2) is 29.3 Å². The SMILES string of the molecule is CN=C(NCC1(c2ccccc2F)CC1)NC1CCc2nc(C(C)C)nn2C1.I. The number of halogens is 2. The van der Waals surface area contributed by atoms with E-state index in [1.54, 1.807) is 19.2 Å². The van der Waals surface area contributed by atoms with E-state index in [0.29, 0.717) is 12.5 Å². The van der Waals surface area contributed by atoms with Gasteiger partial charge in [-0.25, -0.2) is 14.1 Å². The van der Waals surface area contributed by atoms with Crippen LogP contribution in [0.3, 0.4) is 0 Å². The molecule has 2 heterocycles. The number of hydrogen-bond acceptors (Lipinski definition) is 3. The Balaban J connectivity index is 0.00000240. The third kappa shape index (κ3) is 4.73. The van der Waals surface area contributed by atoms with Crippen molar-refractivity contribution in [2.75, 3.05) is 13.6 Å².